The van der Waals surface area contributed by atoms with Gasteiger partial charge in [0.2, 0.25) is 0 Å². The van der Waals surface area contributed by atoms with E-state index in [4.69, 9.17) is 0 Å². The number of aromatic amines is 1. The lowest BCUT2D eigenvalue weighted by Crippen LogP contribution is -2.40. The summed E-state index contributed by atoms with van der Waals surface area (Å²) in [5.74, 6) is 0.0366. The van der Waals surface area contributed by atoms with E-state index in [0.717, 1.165) is 29.9 Å². The summed E-state index contributed by atoms with van der Waals surface area (Å²) in [6.07, 6.45) is 3.41. The summed E-state index contributed by atoms with van der Waals surface area (Å²) in [5.41, 5.74) is 0.259. The molecule has 3 aromatic rings. The Kier molecular flexibility index (Phi) is 5.31. The number of carboxylic acid groups (broad SMARTS) is 1. The van der Waals surface area contributed by atoms with Crippen LogP contribution < -0.4 is 10.0 Å². The summed E-state index contributed by atoms with van der Waals surface area (Å²) in [4.78, 5) is 20.6. The van der Waals surface area contributed by atoms with Gasteiger partial charge < -0.3 is 10.4 Å². The molecule has 164 valence electrons. The van der Waals surface area contributed by atoms with Crippen molar-refractivity contribution in [2.45, 2.75) is 49.3 Å². The monoisotopic (exact) mass is 462 g/mol. The van der Waals surface area contributed by atoms with E-state index in [2.05, 4.69) is 30.2 Å². The normalized spacial score (nSPS) is 14.5. The first-order valence-corrected chi connectivity index (χ1v) is 11.9. The number of hydrogen-bond donors (Lipinski definition) is 4. The fourth-order valence-electron chi connectivity index (χ4n) is 2.92. The Morgan fingerprint density at radius 1 is 1.29 bits per heavy atom. The zero-order valence-corrected chi connectivity index (χ0v) is 18.8. The lowest BCUT2D eigenvalue weighted by atomic mass is 10.1. The Bertz CT molecular complexity index is 1240. The molecule has 12 heteroatoms. The number of carbonyl (C=O) groups is 1. The van der Waals surface area contributed by atoms with Crippen LogP contribution in [0, 0.1) is 0 Å². The van der Waals surface area contributed by atoms with Gasteiger partial charge in [-0.25, -0.2) is 27.9 Å². The van der Waals surface area contributed by atoms with Crippen molar-refractivity contribution in [2.24, 2.45) is 0 Å². The second-order valence-electron chi connectivity index (χ2n) is 8.34. The van der Waals surface area contributed by atoms with E-state index in [-0.39, 0.29) is 21.4 Å². The molecular formula is C19H22N6O4S2. The molecule has 3 aromatic heterocycles. The summed E-state index contributed by atoms with van der Waals surface area (Å²) in [5, 5.41) is 19.5. The fourth-order valence-corrected chi connectivity index (χ4v) is 5.58. The second kappa shape index (κ2) is 7.70. The molecular weight excluding hydrogens is 440 g/mol. The minimum absolute atomic E-state index is 0.0805. The number of hydrogen-bond acceptors (Lipinski definition) is 8. The average Bonchev–Trinajstić information content (AvgIpc) is 3.19. The van der Waals surface area contributed by atoms with Crippen molar-refractivity contribution >= 4 is 39.0 Å². The zero-order chi connectivity index (χ0) is 22.4. The van der Waals surface area contributed by atoms with E-state index < -0.39 is 21.5 Å². The van der Waals surface area contributed by atoms with Gasteiger partial charge in [-0.1, -0.05) is 0 Å². The minimum Gasteiger partial charge on any atom is -0.477 e. The van der Waals surface area contributed by atoms with E-state index in [9.17, 15) is 18.3 Å². The number of sulfonamides is 1. The van der Waals surface area contributed by atoms with Gasteiger partial charge in [-0.05, 0) is 45.7 Å². The van der Waals surface area contributed by atoms with Gasteiger partial charge in [0.05, 0.1) is 4.88 Å². The molecule has 0 spiro atoms. The molecule has 0 aromatic carbocycles. The van der Waals surface area contributed by atoms with Crippen molar-refractivity contribution in [3.63, 3.8) is 0 Å². The van der Waals surface area contributed by atoms with Gasteiger partial charge in [0.25, 0.3) is 10.0 Å². The van der Waals surface area contributed by atoms with Crippen molar-refractivity contribution in [3.05, 3.63) is 35.7 Å². The molecule has 4 rings (SSSR count). The predicted octanol–water partition coefficient (Wildman–Crippen LogP) is 3.32. The van der Waals surface area contributed by atoms with E-state index in [0.29, 0.717) is 16.6 Å². The second-order valence-corrected chi connectivity index (χ2v) is 11.3. The van der Waals surface area contributed by atoms with Crippen LogP contribution in [0.1, 0.15) is 55.6 Å². The first kappa shape index (κ1) is 21.4. The highest BCUT2D eigenvalue weighted by Crippen LogP contribution is 2.39. The van der Waals surface area contributed by atoms with Crippen LogP contribution in [0.4, 0.5) is 11.6 Å². The Labute approximate surface area is 183 Å². The maximum absolute atomic E-state index is 12.6. The molecule has 10 nitrogen and oxygen atoms in total. The zero-order valence-electron chi connectivity index (χ0n) is 17.1. The number of anilines is 2. The summed E-state index contributed by atoms with van der Waals surface area (Å²) >= 11 is 1.01. The lowest BCUT2D eigenvalue weighted by molar-refractivity contribution is 0.0697. The standard InChI is InChI=1S/C19H22N6O4S2/c1-19(2,3)25-31(28,29)15-7-6-13(30-15)17-20-9-11(18(26)27)16(22-17)21-14-8-12(23-24-14)10-4-5-10/h6-10,25H,4-5H2,1-3H3,(H,26,27)(H2,20,21,22,23,24). The molecule has 0 atom stereocenters. The van der Waals surface area contributed by atoms with Crippen molar-refractivity contribution in [1.82, 2.24) is 24.9 Å². The van der Waals surface area contributed by atoms with E-state index in [1.54, 1.807) is 26.8 Å². The van der Waals surface area contributed by atoms with Crippen LogP contribution in [-0.4, -0.2) is 45.2 Å². The minimum atomic E-state index is -3.70. The van der Waals surface area contributed by atoms with E-state index in [1.165, 1.54) is 12.3 Å². The number of nitrogens with one attached hydrogen (secondary N) is 3. The summed E-state index contributed by atoms with van der Waals surface area (Å²) in [6.45, 7) is 5.28. The van der Waals surface area contributed by atoms with Gasteiger partial charge >= 0.3 is 5.97 Å². The first-order chi connectivity index (χ1) is 14.5. The maximum atomic E-state index is 12.6. The van der Waals surface area contributed by atoms with Crippen LogP contribution >= 0.6 is 11.3 Å². The summed E-state index contributed by atoms with van der Waals surface area (Å²) < 4.78 is 27.9. The molecule has 31 heavy (non-hydrogen) atoms. The topological polar surface area (TPSA) is 150 Å². The molecule has 0 unspecified atom stereocenters. The Balaban J connectivity index is 1.64. The molecule has 1 aliphatic rings. The van der Waals surface area contributed by atoms with Crippen LogP contribution in [0.25, 0.3) is 10.7 Å². The number of thiophene rings is 1. The Morgan fingerprint density at radius 3 is 2.68 bits per heavy atom. The SMILES string of the molecule is CC(C)(C)NS(=O)(=O)c1ccc(-c2ncc(C(=O)O)c(Nc3cc(C4CC4)[nH]n3)n2)s1. The quantitative estimate of drug-likeness (QED) is 0.417. The van der Waals surface area contributed by atoms with Crippen LogP contribution in [0.2, 0.25) is 0 Å². The largest absolute Gasteiger partial charge is 0.477 e. The highest BCUT2D eigenvalue weighted by Gasteiger charge is 2.27. The highest BCUT2D eigenvalue weighted by molar-refractivity contribution is 7.91. The van der Waals surface area contributed by atoms with Gasteiger partial charge in [0, 0.05) is 29.4 Å². The third kappa shape index (κ3) is 4.92. The molecule has 4 N–H and O–H groups in total. The molecule has 0 bridgehead atoms. The summed E-state index contributed by atoms with van der Waals surface area (Å²) in [6, 6.07) is 4.91. The van der Waals surface area contributed by atoms with Gasteiger partial charge in [-0.3, -0.25) is 5.10 Å². The van der Waals surface area contributed by atoms with Gasteiger partial charge in [0.15, 0.2) is 11.6 Å². The molecule has 1 fully saturated rings. The number of aromatic carboxylic acids is 1. The number of H-pyrrole nitrogens is 1. The number of aromatic nitrogens is 4. The average molecular weight is 463 g/mol. The third-order valence-electron chi connectivity index (χ3n) is 4.39. The molecule has 0 aliphatic heterocycles. The van der Waals surface area contributed by atoms with Gasteiger partial charge in [0.1, 0.15) is 15.6 Å². The molecule has 3 heterocycles. The number of rotatable bonds is 7. The van der Waals surface area contributed by atoms with Crippen LogP contribution in [-0.2, 0) is 10.0 Å². The molecule has 0 amide bonds. The first-order valence-electron chi connectivity index (χ1n) is 9.59. The third-order valence-corrected chi connectivity index (χ3v) is 7.72. The van der Waals surface area contributed by atoms with Crippen LogP contribution in [0.5, 0.6) is 0 Å². The van der Waals surface area contributed by atoms with E-state index in [1.807, 2.05) is 6.07 Å². The van der Waals surface area contributed by atoms with Crippen molar-refractivity contribution in [3.8, 4) is 10.7 Å². The summed E-state index contributed by atoms with van der Waals surface area (Å²) in [7, 11) is -3.70. The molecule has 1 saturated carbocycles. The van der Waals surface area contributed by atoms with Crippen molar-refractivity contribution in [1.29, 1.82) is 0 Å². The van der Waals surface area contributed by atoms with Crippen LogP contribution in [0.3, 0.4) is 0 Å². The maximum Gasteiger partial charge on any atom is 0.341 e. The Hall–Kier alpha value is -2.83. The number of carboxylic acids is 1. The van der Waals surface area contributed by atoms with Crippen LogP contribution in [0.15, 0.2) is 28.6 Å². The van der Waals surface area contributed by atoms with Gasteiger partial charge in [-0.2, -0.15) is 5.10 Å². The van der Waals surface area contributed by atoms with Crippen molar-refractivity contribution < 1.29 is 18.3 Å². The predicted molar refractivity (Wildman–Crippen MR) is 116 cm³/mol. The molecule has 0 radical (unpaired) electrons. The fraction of sp³-hybridized carbons (Fsp3) is 0.368. The Morgan fingerprint density at radius 2 is 2.03 bits per heavy atom. The molecule has 1 aliphatic carbocycles. The van der Waals surface area contributed by atoms with Crippen molar-refractivity contribution in [2.75, 3.05) is 5.32 Å². The molecule has 0 saturated heterocycles. The highest BCUT2D eigenvalue weighted by atomic mass is 32.2. The van der Waals surface area contributed by atoms with Gasteiger partial charge in [-0.15, -0.1) is 11.3 Å². The number of nitrogens with zero attached hydrogens (tertiary/aromatic N) is 3. The smallest absolute Gasteiger partial charge is 0.341 e. The van der Waals surface area contributed by atoms with E-state index >= 15 is 0 Å². The lowest BCUT2D eigenvalue weighted by Gasteiger charge is -2.19.